The van der Waals surface area contributed by atoms with E-state index in [1.807, 2.05) is 41.7 Å². The van der Waals surface area contributed by atoms with Gasteiger partial charge in [0.2, 0.25) is 0 Å². The number of aliphatic hydroxyl groups is 1. The van der Waals surface area contributed by atoms with E-state index in [0.717, 1.165) is 43.6 Å². The molecule has 0 aliphatic carbocycles. The number of fused-ring (bicyclic) bond motifs is 1. The van der Waals surface area contributed by atoms with Crippen molar-refractivity contribution >= 4 is 21.6 Å². The van der Waals surface area contributed by atoms with E-state index in [2.05, 4.69) is 24.3 Å². The zero-order chi connectivity index (χ0) is 16.4. The van der Waals surface area contributed by atoms with Crippen LogP contribution < -0.4 is 4.90 Å². The highest BCUT2D eigenvalue weighted by Crippen LogP contribution is 2.31. The molecule has 0 spiro atoms. The largest absolute Gasteiger partial charge is 0.382 e. The number of quaternary nitrogens is 1. The van der Waals surface area contributed by atoms with E-state index >= 15 is 0 Å². The molecule has 3 nitrogen and oxygen atoms in total. The summed E-state index contributed by atoms with van der Waals surface area (Å²) in [5.41, 5.74) is 2.16. The summed E-state index contributed by atoms with van der Waals surface area (Å²) in [6.07, 6.45) is 1.97. The van der Waals surface area contributed by atoms with Crippen LogP contribution in [0.3, 0.4) is 0 Å². The summed E-state index contributed by atoms with van der Waals surface area (Å²) < 4.78 is 1.29. The lowest BCUT2D eigenvalue weighted by atomic mass is 9.97. The molecule has 2 heterocycles. The third-order valence-corrected chi connectivity index (χ3v) is 6.22. The van der Waals surface area contributed by atoms with Gasteiger partial charge in [0.1, 0.15) is 12.6 Å². The van der Waals surface area contributed by atoms with Crippen LogP contribution in [0.5, 0.6) is 0 Å². The van der Waals surface area contributed by atoms with Gasteiger partial charge in [0.15, 0.2) is 0 Å². The van der Waals surface area contributed by atoms with Gasteiger partial charge in [-0.25, -0.2) is 4.98 Å². The molecule has 1 aliphatic rings. The summed E-state index contributed by atoms with van der Waals surface area (Å²) in [6.45, 7) is 3.03. The standard InChI is InChI=1S/C20H22N2OS/c23-18(15-6-2-1-3-7-15)14-22-12-10-16(11-13-22)20-21-17-8-4-5-9-19(17)24-20/h1-9,16,18,23H,10-14H2/p+1/t18-/m1/s1. The Kier molecular flexibility index (Phi) is 4.60. The highest BCUT2D eigenvalue weighted by Gasteiger charge is 2.27. The average Bonchev–Trinajstić information content (AvgIpc) is 3.07. The Labute approximate surface area is 146 Å². The third-order valence-electron chi connectivity index (χ3n) is 5.02. The second-order valence-corrected chi connectivity index (χ2v) is 7.74. The Balaban J connectivity index is 1.36. The Hall–Kier alpha value is -1.75. The maximum Gasteiger partial charge on any atom is 0.128 e. The Morgan fingerprint density at radius 2 is 1.75 bits per heavy atom. The van der Waals surface area contributed by atoms with Gasteiger partial charge in [-0.2, -0.15) is 0 Å². The van der Waals surface area contributed by atoms with Gasteiger partial charge in [0, 0.05) is 18.8 Å². The van der Waals surface area contributed by atoms with E-state index in [1.54, 1.807) is 0 Å². The average molecular weight is 339 g/mol. The Morgan fingerprint density at radius 1 is 1.04 bits per heavy atom. The minimum atomic E-state index is -0.361. The van der Waals surface area contributed by atoms with Crippen molar-refractivity contribution in [2.24, 2.45) is 0 Å². The molecule has 1 aliphatic heterocycles. The zero-order valence-electron chi connectivity index (χ0n) is 13.7. The van der Waals surface area contributed by atoms with E-state index in [0.29, 0.717) is 5.92 Å². The number of aliphatic hydroxyl groups excluding tert-OH is 1. The number of hydrogen-bond donors (Lipinski definition) is 2. The van der Waals surface area contributed by atoms with Crippen LogP contribution >= 0.6 is 11.3 Å². The number of nitrogens with one attached hydrogen (secondary N) is 1. The number of hydrogen-bond acceptors (Lipinski definition) is 3. The van der Waals surface area contributed by atoms with E-state index < -0.39 is 0 Å². The fraction of sp³-hybridized carbons (Fsp3) is 0.350. The van der Waals surface area contributed by atoms with E-state index in [9.17, 15) is 5.11 Å². The van der Waals surface area contributed by atoms with Crippen LogP contribution in [0.25, 0.3) is 10.2 Å². The van der Waals surface area contributed by atoms with Crippen LogP contribution in [0.4, 0.5) is 0 Å². The van der Waals surface area contributed by atoms with Crippen molar-refractivity contribution in [3.05, 3.63) is 65.2 Å². The van der Waals surface area contributed by atoms with Crippen LogP contribution in [0.2, 0.25) is 0 Å². The van der Waals surface area contributed by atoms with Crippen molar-refractivity contribution in [2.75, 3.05) is 19.6 Å². The van der Waals surface area contributed by atoms with Gasteiger partial charge in [0.25, 0.3) is 0 Å². The van der Waals surface area contributed by atoms with Gasteiger partial charge in [-0.05, 0) is 17.7 Å². The zero-order valence-corrected chi connectivity index (χ0v) is 14.5. The van der Waals surface area contributed by atoms with Gasteiger partial charge in [-0.3, -0.25) is 0 Å². The predicted octanol–water partition coefficient (Wildman–Crippen LogP) is 2.79. The smallest absolute Gasteiger partial charge is 0.128 e. The van der Waals surface area contributed by atoms with Crippen LogP contribution in [-0.2, 0) is 0 Å². The maximum absolute atomic E-state index is 10.4. The molecule has 0 amide bonds. The molecular formula is C20H23N2OS+. The number of aromatic nitrogens is 1. The van der Waals surface area contributed by atoms with Crippen molar-refractivity contribution in [1.29, 1.82) is 0 Å². The number of likely N-dealkylation sites (tertiary alicyclic amines) is 1. The van der Waals surface area contributed by atoms with Crippen LogP contribution in [0, 0.1) is 0 Å². The first kappa shape index (κ1) is 15.8. The fourth-order valence-corrected chi connectivity index (χ4v) is 4.74. The van der Waals surface area contributed by atoms with Crippen molar-refractivity contribution in [2.45, 2.75) is 24.9 Å². The van der Waals surface area contributed by atoms with Crippen molar-refractivity contribution in [3.8, 4) is 0 Å². The van der Waals surface area contributed by atoms with Crippen LogP contribution in [0.15, 0.2) is 54.6 Å². The second-order valence-electron chi connectivity index (χ2n) is 6.67. The quantitative estimate of drug-likeness (QED) is 0.767. The lowest BCUT2D eigenvalue weighted by Crippen LogP contribution is -3.13. The van der Waals surface area contributed by atoms with Gasteiger partial charge >= 0.3 is 0 Å². The van der Waals surface area contributed by atoms with Gasteiger partial charge in [-0.15, -0.1) is 11.3 Å². The number of nitrogens with zero attached hydrogens (tertiary/aromatic N) is 1. The molecule has 0 radical (unpaired) electrons. The van der Waals surface area contributed by atoms with Crippen molar-refractivity contribution < 1.29 is 10.0 Å². The van der Waals surface area contributed by atoms with E-state index in [4.69, 9.17) is 4.98 Å². The van der Waals surface area contributed by atoms with Crippen LogP contribution in [-0.4, -0.2) is 29.7 Å². The summed E-state index contributed by atoms with van der Waals surface area (Å²) in [5, 5.41) is 11.7. The number of thiazole rings is 1. The van der Waals surface area contributed by atoms with Gasteiger partial charge in [-0.1, -0.05) is 42.5 Å². The molecular weight excluding hydrogens is 316 g/mol. The number of para-hydroxylation sites is 1. The molecule has 0 unspecified atom stereocenters. The molecule has 124 valence electrons. The van der Waals surface area contributed by atoms with Gasteiger partial charge < -0.3 is 10.0 Å². The fourth-order valence-electron chi connectivity index (χ4n) is 3.61. The minimum absolute atomic E-state index is 0.361. The lowest BCUT2D eigenvalue weighted by Gasteiger charge is -2.29. The molecule has 0 bridgehead atoms. The number of benzene rings is 2. The molecule has 2 N–H and O–H groups in total. The predicted molar refractivity (Wildman–Crippen MR) is 98.6 cm³/mol. The van der Waals surface area contributed by atoms with E-state index in [1.165, 1.54) is 14.6 Å². The number of rotatable bonds is 4. The summed E-state index contributed by atoms with van der Waals surface area (Å²) in [4.78, 5) is 6.33. The monoisotopic (exact) mass is 339 g/mol. The first-order valence-electron chi connectivity index (χ1n) is 8.71. The molecule has 1 aromatic heterocycles. The molecule has 4 heteroatoms. The maximum atomic E-state index is 10.4. The summed E-state index contributed by atoms with van der Waals surface area (Å²) in [6, 6.07) is 18.4. The second kappa shape index (κ2) is 7.01. The van der Waals surface area contributed by atoms with Crippen molar-refractivity contribution in [3.63, 3.8) is 0 Å². The first-order valence-corrected chi connectivity index (χ1v) is 9.53. The minimum Gasteiger partial charge on any atom is -0.382 e. The molecule has 24 heavy (non-hydrogen) atoms. The summed E-state index contributed by atoms with van der Waals surface area (Å²) >= 11 is 1.85. The lowest BCUT2D eigenvalue weighted by molar-refractivity contribution is -0.909. The van der Waals surface area contributed by atoms with Crippen molar-refractivity contribution in [1.82, 2.24) is 4.98 Å². The third kappa shape index (κ3) is 3.36. The molecule has 1 atom stereocenters. The molecule has 3 aromatic rings. The number of piperidine rings is 1. The topological polar surface area (TPSA) is 37.6 Å². The van der Waals surface area contributed by atoms with Crippen LogP contribution in [0.1, 0.15) is 35.4 Å². The molecule has 1 fully saturated rings. The molecule has 4 rings (SSSR count). The Morgan fingerprint density at radius 3 is 2.50 bits per heavy atom. The Bertz CT molecular complexity index is 761. The summed E-state index contributed by atoms with van der Waals surface area (Å²) in [5.74, 6) is 0.583. The molecule has 2 aromatic carbocycles. The highest BCUT2D eigenvalue weighted by molar-refractivity contribution is 7.18. The SMILES string of the molecule is O[C@H](C[NH+]1CCC(c2nc3ccccc3s2)CC1)c1ccccc1. The normalized spacial score (nSPS) is 22.5. The first-order chi connectivity index (χ1) is 11.8. The molecule has 0 saturated carbocycles. The van der Waals surface area contributed by atoms with Gasteiger partial charge in [0.05, 0.1) is 28.3 Å². The molecule has 1 saturated heterocycles. The highest BCUT2D eigenvalue weighted by atomic mass is 32.1. The summed E-state index contributed by atoms with van der Waals surface area (Å²) in [7, 11) is 0. The van der Waals surface area contributed by atoms with E-state index in [-0.39, 0.29) is 6.10 Å².